The van der Waals surface area contributed by atoms with Gasteiger partial charge in [-0.3, -0.25) is 0 Å². The first-order chi connectivity index (χ1) is 8.08. The molecule has 3 heteroatoms. The lowest BCUT2D eigenvalue weighted by molar-refractivity contribution is 0.312. The molecule has 0 amide bonds. The van der Waals surface area contributed by atoms with Crippen LogP contribution in [-0.2, 0) is 0 Å². The van der Waals surface area contributed by atoms with Gasteiger partial charge in [-0.15, -0.1) is 0 Å². The second-order valence-electron chi connectivity index (χ2n) is 5.01. The Morgan fingerprint density at radius 2 is 2.18 bits per heavy atom. The van der Waals surface area contributed by atoms with Crippen LogP contribution in [0.5, 0.6) is 5.75 Å². The minimum atomic E-state index is 0.406. The van der Waals surface area contributed by atoms with E-state index in [2.05, 4.69) is 54.2 Å². The molecular formula is C14H20BrNO. The highest BCUT2D eigenvalue weighted by atomic mass is 79.9. The Hall–Kier alpha value is -0.540. The van der Waals surface area contributed by atoms with Crippen molar-refractivity contribution in [3.05, 3.63) is 27.7 Å². The molecule has 0 radical (unpaired) electrons. The SMILES string of the molecule is Cc1cc(Br)cc2c1OCCCC2NC(C)C. The van der Waals surface area contributed by atoms with E-state index in [1.807, 2.05) is 0 Å². The molecule has 1 heterocycles. The van der Waals surface area contributed by atoms with Crippen molar-refractivity contribution in [2.24, 2.45) is 0 Å². The molecular weight excluding hydrogens is 278 g/mol. The highest BCUT2D eigenvalue weighted by molar-refractivity contribution is 9.10. The van der Waals surface area contributed by atoms with Crippen molar-refractivity contribution in [1.82, 2.24) is 5.32 Å². The number of hydrogen-bond donors (Lipinski definition) is 1. The number of aryl methyl sites for hydroxylation is 1. The van der Waals surface area contributed by atoms with Crippen LogP contribution in [0, 0.1) is 6.92 Å². The lowest BCUT2D eigenvalue weighted by Crippen LogP contribution is -2.28. The van der Waals surface area contributed by atoms with Crippen LogP contribution in [-0.4, -0.2) is 12.6 Å². The van der Waals surface area contributed by atoms with Gasteiger partial charge in [-0.1, -0.05) is 29.8 Å². The summed E-state index contributed by atoms with van der Waals surface area (Å²) in [7, 11) is 0. The molecule has 0 aromatic heterocycles. The Morgan fingerprint density at radius 1 is 1.41 bits per heavy atom. The molecule has 1 unspecified atom stereocenters. The molecule has 1 N–H and O–H groups in total. The third-order valence-corrected chi connectivity index (χ3v) is 3.52. The second-order valence-corrected chi connectivity index (χ2v) is 5.92. The zero-order valence-electron chi connectivity index (χ0n) is 10.7. The van der Waals surface area contributed by atoms with Gasteiger partial charge < -0.3 is 10.1 Å². The maximum atomic E-state index is 5.89. The van der Waals surface area contributed by atoms with Gasteiger partial charge in [0.2, 0.25) is 0 Å². The molecule has 1 aliphatic heterocycles. The molecule has 0 spiro atoms. The van der Waals surface area contributed by atoms with Gasteiger partial charge in [0.15, 0.2) is 0 Å². The molecule has 1 aliphatic rings. The van der Waals surface area contributed by atoms with E-state index in [-0.39, 0.29) is 0 Å². The van der Waals surface area contributed by atoms with E-state index < -0.39 is 0 Å². The third kappa shape index (κ3) is 3.02. The molecule has 1 aromatic carbocycles. The summed E-state index contributed by atoms with van der Waals surface area (Å²) < 4.78 is 7.02. The first-order valence-corrected chi connectivity index (χ1v) is 7.06. The number of fused-ring (bicyclic) bond motifs is 1. The van der Waals surface area contributed by atoms with Gasteiger partial charge in [0.1, 0.15) is 5.75 Å². The summed E-state index contributed by atoms with van der Waals surface area (Å²) >= 11 is 3.58. The number of rotatable bonds is 2. The van der Waals surface area contributed by atoms with Gasteiger partial charge in [0, 0.05) is 22.1 Å². The average Bonchev–Trinajstić information content (AvgIpc) is 2.41. The minimum absolute atomic E-state index is 0.406. The van der Waals surface area contributed by atoms with Crippen molar-refractivity contribution < 1.29 is 4.74 Å². The van der Waals surface area contributed by atoms with Crippen LogP contribution in [0.3, 0.4) is 0 Å². The molecule has 2 nitrogen and oxygen atoms in total. The number of hydrogen-bond acceptors (Lipinski definition) is 2. The Balaban J connectivity index is 2.40. The first kappa shape index (κ1) is 12.9. The van der Waals surface area contributed by atoms with Gasteiger partial charge in [-0.25, -0.2) is 0 Å². The summed E-state index contributed by atoms with van der Waals surface area (Å²) in [6.07, 6.45) is 2.25. The third-order valence-electron chi connectivity index (χ3n) is 3.06. The topological polar surface area (TPSA) is 21.3 Å². The molecule has 0 aliphatic carbocycles. The smallest absolute Gasteiger partial charge is 0.127 e. The zero-order valence-corrected chi connectivity index (χ0v) is 12.3. The zero-order chi connectivity index (χ0) is 12.4. The maximum absolute atomic E-state index is 5.89. The van der Waals surface area contributed by atoms with Gasteiger partial charge in [-0.05, 0) is 37.5 Å². The quantitative estimate of drug-likeness (QED) is 0.892. The van der Waals surface area contributed by atoms with Crippen LogP contribution in [0.25, 0.3) is 0 Å². The molecule has 1 aromatic rings. The highest BCUT2D eigenvalue weighted by Gasteiger charge is 2.22. The van der Waals surface area contributed by atoms with Crippen molar-refractivity contribution in [2.75, 3.05) is 6.61 Å². The summed E-state index contributed by atoms with van der Waals surface area (Å²) in [5.74, 6) is 1.07. The first-order valence-electron chi connectivity index (χ1n) is 6.27. The van der Waals surface area contributed by atoms with Gasteiger partial charge >= 0.3 is 0 Å². The van der Waals surface area contributed by atoms with E-state index in [1.165, 1.54) is 11.1 Å². The number of nitrogens with one attached hydrogen (secondary N) is 1. The summed E-state index contributed by atoms with van der Waals surface area (Å²) in [4.78, 5) is 0. The van der Waals surface area contributed by atoms with Crippen LogP contribution in [0.2, 0.25) is 0 Å². The van der Waals surface area contributed by atoms with E-state index in [0.29, 0.717) is 12.1 Å². The molecule has 0 fully saturated rings. The van der Waals surface area contributed by atoms with Crippen molar-refractivity contribution in [2.45, 2.75) is 45.7 Å². The van der Waals surface area contributed by atoms with Crippen LogP contribution < -0.4 is 10.1 Å². The molecule has 2 rings (SSSR count). The van der Waals surface area contributed by atoms with E-state index in [9.17, 15) is 0 Å². The fourth-order valence-electron chi connectivity index (χ4n) is 2.40. The summed E-state index contributed by atoms with van der Waals surface area (Å²) in [5.41, 5.74) is 2.51. The largest absolute Gasteiger partial charge is 0.493 e. The lowest BCUT2D eigenvalue weighted by Gasteiger charge is -2.22. The molecule has 94 valence electrons. The predicted octanol–water partition coefficient (Wildman–Crippen LogP) is 3.97. The fraction of sp³-hybridized carbons (Fsp3) is 0.571. The van der Waals surface area contributed by atoms with Gasteiger partial charge in [0.05, 0.1) is 6.61 Å². The summed E-state index contributed by atoms with van der Waals surface area (Å²) in [5, 5.41) is 3.63. The molecule has 17 heavy (non-hydrogen) atoms. The van der Waals surface area contributed by atoms with Crippen LogP contribution in [0.4, 0.5) is 0 Å². The monoisotopic (exact) mass is 297 g/mol. The lowest BCUT2D eigenvalue weighted by atomic mass is 9.99. The number of benzene rings is 1. The molecule has 0 saturated carbocycles. The standard InChI is InChI=1S/C14H20BrNO/c1-9(2)16-13-5-4-6-17-14-10(3)7-11(15)8-12(13)14/h7-9,13,16H,4-6H2,1-3H3. The van der Waals surface area contributed by atoms with Crippen molar-refractivity contribution in [3.8, 4) is 5.75 Å². The van der Waals surface area contributed by atoms with E-state index >= 15 is 0 Å². The van der Waals surface area contributed by atoms with Crippen molar-refractivity contribution >= 4 is 15.9 Å². The fourth-order valence-corrected chi connectivity index (χ4v) is 2.99. The molecule has 0 saturated heterocycles. The normalized spacial score (nSPS) is 19.7. The molecule has 0 bridgehead atoms. The second kappa shape index (κ2) is 5.40. The van der Waals surface area contributed by atoms with Crippen LogP contribution in [0.15, 0.2) is 16.6 Å². The van der Waals surface area contributed by atoms with E-state index in [4.69, 9.17) is 4.74 Å². The Labute approximate surface area is 112 Å². The number of halogens is 1. The Morgan fingerprint density at radius 3 is 2.88 bits per heavy atom. The van der Waals surface area contributed by atoms with Crippen LogP contribution in [0.1, 0.15) is 43.9 Å². The highest BCUT2D eigenvalue weighted by Crippen LogP contribution is 2.36. The number of ether oxygens (including phenoxy) is 1. The van der Waals surface area contributed by atoms with Gasteiger partial charge in [-0.2, -0.15) is 0 Å². The summed E-state index contributed by atoms with van der Waals surface area (Å²) in [6, 6.07) is 5.21. The van der Waals surface area contributed by atoms with E-state index in [1.54, 1.807) is 0 Å². The maximum Gasteiger partial charge on any atom is 0.127 e. The Kier molecular flexibility index (Phi) is 4.10. The molecule has 1 atom stereocenters. The minimum Gasteiger partial charge on any atom is -0.493 e. The van der Waals surface area contributed by atoms with Crippen LogP contribution >= 0.6 is 15.9 Å². The van der Waals surface area contributed by atoms with Crippen molar-refractivity contribution in [1.29, 1.82) is 0 Å². The predicted molar refractivity (Wildman–Crippen MR) is 74.6 cm³/mol. The summed E-state index contributed by atoms with van der Waals surface area (Å²) in [6.45, 7) is 7.32. The van der Waals surface area contributed by atoms with Crippen molar-refractivity contribution in [3.63, 3.8) is 0 Å². The Bertz CT molecular complexity index is 403. The van der Waals surface area contributed by atoms with Gasteiger partial charge in [0.25, 0.3) is 0 Å². The van der Waals surface area contributed by atoms with E-state index in [0.717, 1.165) is 29.7 Å². The average molecular weight is 298 g/mol.